The normalized spacial score (nSPS) is 29.4. The largest absolute Gasteiger partial charge is 0.469 e. The molecule has 1 atom stereocenters. The maximum Gasteiger partial charge on any atom is 0.312 e. The van der Waals surface area contributed by atoms with E-state index in [0.29, 0.717) is 5.41 Å². The monoisotopic (exact) mass is 268 g/mol. The van der Waals surface area contributed by atoms with E-state index in [4.69, 9.17) is 4.74 Å². The molecule has 1 N–H and O–H groups in total. The van der Waals surface area contributed by atoms with E-state index >= 15 is 0 Å². The molecule has 0 amide bonds. The fourth-order valence-corrected chi connectivity index (χ4v) is 3.72. The quantitative estimate of drug-likeness (QED) is 0.790. The Kier molecular flexibility index (Phi) is 4.51. The van der Waals surface area contributed by atoms with Gasteiger partial charge in [0.1, 0.15) is 0 Å². The van der Waals surface area contributed by atoms with Crippen LogP contribution in [-0.4, -0.2) is 50.7 Å². The molecule has 2 rings (SSSR count). The van der Waals surface area contributed by atoms with Crippen LogP contribution < -0.4 is 5.32 Å². The molecular formula is C15H28N2O2. The Morgan fingerprint density at radius 2 is 2.11 bits per heavy atom. The van der Waals surface area contributed by atoms with Gasteiger partial charge in [0.05, 0.1) is 12.5 Å². The highest BCUT2D eigenvalue weighted by Crippen LogP contribution is 2.36. The summed E-state index contributed by atoms with van der Waals surface area (Å²) in [5.74, 6) is -0.103. The smallest absolute Gasteiger partial charge is 0.312 e. The molecule has 19 heavy (non-hydrogen) atoms. The van der Waals surface area contributed by atoms with Crippen molar-refractivity contribution in [3.8, 4) is 0 Å². The molecule has 0 aromatic carbocycles. The zero-order chi connectivity index (χ0) is 13.9. The average Bonchev–Trinajstić information content (AvgIpc) is 2.38. The highest BCUT2D eigenvalue weighted by Gasteiger charge is 2.39. The van der Waals surface area contributed by atoms with Gasteiger partial charge in [-0.15, -0.1) is 0 Å². The molecule has 0 aromatic rings. The maximum atomic E-state index is 11.8. The van der Waals surface area contributed by atoms with Crippen LogP contribution in [0.15, 0.2) is 0 Å². The molecule has 0 aromatic heterocycles. The van der Waals surface area contributed by atoms with Crippen LogP contribution in [0.4, 0.5) is 0 Å². The van der Waals surface area contributed by atoms with Gasteiger partial charge in [0, 0.05) is 19.6 Å². The first kappa shape index (κ1) is 14.8. The Balaban J connectivity index is 1.95. The summed E-state index contributed by atoms with van der Waals surface area (Å²) in [4.78, 5) is 14.3. The number of esters is 1. The van der Waals surface area contributed by atoms with Crippen molar-refractivity contribution in [1.29, 1.82) is 0 Å². The minimum atomic E-state index is -0.407. The van der Waals surface area contributed by atoms with Crippen molar-refractivity contribution < 1.29 is 9.53 Å². The number of carbonyl (C=O) groups excluding carboxylic acids is 1. The van der Waals surface area contributed by atoms with Crippen LogP contribution in [-0.2, 0) is 9.53 Å². The van der Waals surface area contributed by atoms with Crippen LogP contribution in [0.2, 0.25) is 0 Å². The summed E-state index contributed by atoms with van der Waals surface area (Å²) >= 11 is 0. The van der Waals surface area contributed by atoms with Gasteiger partial charge in [-0.05, 0) is 58.0 Å². The number of hydrogen-bond acceptors (Lipinski definition) is 4. The zero-order valence-corrected chi connectivity index (χ0v) is 12.6. The van der Waals surface area contributed by atoms with Gasteiger partial charge in [-0.2, -0.15) is 0 Å². The van der Waals surface area contributed by atoms with Gasteiger partial charge < -0.3 is 15.0 Å². The molecule has 2 heterocycles. The fourth-order valence-electron chi connectivity index (χ4n) is 3.72. The van der Waals surface area contributed by atoms with Crippen molar-refractivity contribution in [1.82, 2.24) is 10.2 Å². The summed E-state index contributed by atoms with van der Waals surface area (Å²) < 4.78 is 4.92. The number of ether oxygens (including phenoxy) is 1. The van der Waals surface area contributed by atoms with Crippen LogP contribution in [0.25, 0.3) is 0 Å². The highest BCUT2D eigenvalue weighted by molar-refractivity contribution is 5.76. The van der Waals surface area contributed by atoms with Crippen LogP contribution in [0.5, 0.6) is 0 Å². The van der Waals surface area contributed by atoms with E-state index in [1.807, 2.05) is 13.8 Å². The molecule has 0 saturated carbocycles. The molecule has 4 heteroatoms. The minimum absolute atomic E-state index is 0.103. The number of methoxy groups -OCH3 is 1. The topological polar surface area (TPSA) is 41.6 Å². The fraction of sp³-hybridized carbons (Fsp3) is 0.933. The Bertz CT molecular complexity index is 317. The van der Waals surface area contributed by atoms with E-state index in [1.54, 1.807) is 0 Å². The number of nitrogens with one attached hydrogen (secondary N) is 1. The Labute approximate surface area is 116 Å². The first-order chi connectivity index (χ1) is 8.97. The third-order valence-electron chi connectivity index (χ3n) is 4.66. The molecule has 1 unspecified atom stereocenters. The molecule has 0 aliphatic carbocycles. The second-order valence-corrected chi connectivity index (χ2v) is 6.97. The van der Waals surface area contributed by atoms with Crippen molar-refractivity contribution in [2.45, 2.75) is 39.5 Å². The van der Waals surface area contributed by atoms with Gasteiger partial charge >= 0.3 is 5.97 Å². The number of rotatable bonds is 3. The number of hydrogen-bond donors (Lipinski definition) is 1. The molecular weight excluding hydrogens is 240 g/mol. The SMILES string of the molecule is COC(=O)C(C)(C)CN1CCCC2(CCCNC2)C1. The van der Waals surface area contributed by atoms with Gasteiger partial charge in [-0.1, -0.05) is 0 Å². The lowest BCUT2D eigenvalue weighted by Gasteiger charge is -2.46. The summed E-state index contributed by atoms with van der Waals surface area (Å²) in [6.07, 6.45) is 5.19. The van der Waals surface area contributed by atoms with E-state index in [0.717, 1.165) is 32.7 Å². The van der Waals surface area contributed by atoms with Crippen molar-refractivity contribution in [3.05, 3.63) is 0 Å². The molecule has 2 fully saturated rings. The van der Waals surface area contributed by atoms with E-state index < -0.39 is 5.41 Å². The molecule has 0 bridgehead atoms. The Hall–Kier alpha value is -0.610. The third-order valence-corrected chi connectivity index (χ3v) is 4.66. The van der Waals surface area contributed by atoms with Crippen LogP contribution in [0.1, 0.15) is 39.5 Å². The predicted molar refractivity (Wildman–Crippen MR) is 76.0 cm³/mol. The minimum Gasteiger partial charge on any atom is -0.469 e. The predicted octanol–water partition coefficient (Wildman–Crippen LogP) is 1.65. The van der Waals surface area contributed by atoms with Gasteiger partial charge in [-0.3, -0.25) is 4.79 Å². The second-order valence-electron chi connectivity index (χ2n) is 6.97. The summed E-state index contributed by atoms with van der Waals surface area (Å²) in [6.45, 7) is 9.32. The second kappa shape index (κ2) is 5.80. The molecule has 110 valence electrons. The van der Waals surface area contributed by atoms with Gasteiger partial charge in [0.25, 0.3) is 0 Å². The van der Waals surface area contributed by atoms with Crippen LogP contribution in [0.3, 0.4) is 0 Å². The van der Waals surface area contributed by atoms with E-state index in [9.17, 15) is 4.79 Å². The summed E-state index contributed by atoms with van der Waals surface area (Å²) in [7, 11) is 1.48. The van der Waals surface area contributed by atoms with Gasteiger partial charge in [0.15, 0.2) is 0 Å². The van der Waals surface area contributed by atoms with Crippen molar-refractivity contribution in [3.63, 3.8) is 0 Å². The number of piperidine rings is 2. The molecule has 2 aliphatic heterocycles. The number of carbonyl (C=O) groups is 1. The third kappa shape index (κ3) is 3.48. The van der Waals surface area contributed by atoms with Crippen LogP contribution >= 0.6 is 0 Å². The molecule has 2 saturated heterocycles. The Morgan fingerprint density at radius 3 is 2.74 bits per heavy atom. The number of likely N-dealkylation sites (tertiary alicyclic amines) is 1. The van der Waals surface area contributed by atoms with Crippen molar-refractivity contribution >= 4 is 5.97 Å². The first-order valence-electron chi connectivity index (χ1n) is 7.49. The summed E-state index contributed by atoms with van der Waals surface area (Å²) in [5.41, 5.74) is 0.0398. The first-order valence-corrected chi connectivity index (χ1v) is 7.49. The van der Waals surface area contributed by atoms with E-state index in [-0.39, 0.29) is 5.97 Å². The zero-order valence-electron chi connectivity index (χ0n) is 12.6. The average molecular weight is 268 g/mol. The van der Waals surface area contributed by atoms with E-state index in [2.05, 4.69) is 10.2 Å². The lowest BCUT2D eigenvalue weighted by atomic mass is 9.74. The van der Waals surface area contributed by atoms with Crippen molar-refractivity contribution in [2.24, 2.45) is 10.8 Å². The molecule has 2 aliphatic rings. The molecule has 1 spiro atoms. The van der Waals surface area contributed by atoms with Crippen molar-refractivity contribution in [2.75, 3.05) is 39.8 Å². The standard InChI is InChI=1S/C15H28N2O2/c1-14(2,13(18)19-3)11-17-9-5-7-15(12-17)6-4-8-16-10-15/h16H,4-12H2,1-3H3. The van der Waals surface area contributed by atoms with E-state index in [1.165, 1.54) is 32.8 Å². The lowest BCUT2D eigenvalue weighted by Crippen LogP contribution is -2.53. The molecule has 4 nitrogen and oxygen atoms in total. The van der Waals surface area contributed by atoms with Crippen LogP contribution in [0, 0.1) is 10.8 Å². The van der Waals surface area contributed by atoms with Gasteiger partial charge in [0.2, 0.25) is 0 Å². The summed E-state index contributed by atoms with van der Waals surface area (Å²) in [6, 6.07) is 0. The highest BCUT2D eigenvalue weighted by atomic mass is 16.5. The van der Waals surface area contributed by atoms with Gasteiger partial charge in [-0.25, -0.2) is 0 Å². The lowest BCUT2D eigenvalue weighted by molar-refractivity contribution is -0.152. The number of nitrogens with zero attached hydrogens (tertiary/aromatic N) is 1. The molecule has 0 radical (unpaired) electrons. The Morgan fingerprint density at radius 1 is 1.37 bits per heavy atom. The summed E-state index contributed by atoms with van der Waals surface area (Å²) in [5, 5.41) is 3.54. The maximum absolute atomic E-state index is 11.8.